The standard InChI is InChI=1S/C25H20N4O3S/c1-2-29-20-12-9-16(14-19(20)28-24(31)25(29)32)23(30)26-17-10-7-15(8-11-17)13-22-27-18-5-3-4-6-21(18)33-22/h3-12,14H,2,13H2,1H3,(H,26,30)(H,28,31). The fraction of sp³-hybridized carbons (Fsp3) is 0.120. The van der Waals surface area contributed by atoms with Crippen molar-refractivity contribution in [3.05, 3.63) is 104 Å². The topological polar surface area (TPSA) is 96.9 Å². The van der Waals surface area contributed by atoms with Crippen molar-refractivity contribution in [2.24, 2.45) is 0 Å². The van der Waals surface area contributed by atoms with E-state index in [1.54, 1.807) is 36.5 Å². The van der Waals surface area contributed by atoms with Crippen molar-refractivity contribution in [1.82, 2.24) is 14.5 Å². The second kappa shape index (κ2) is 8.48. The molecule has 33 heavy (non-hydrogen) atoms. The van der Waals surface area contributed by atoms with Crippen molar-refractivity contribution < 1.29 is 4.79 Å². The number of fused-ring (bicyclic) bond motifs is 2. The summed E-state index contributed by atoms with van der Waals surface area (Å²) in [5.74, 6) is -0.300. The van der Waals surface area contributed by atoms with Crippen LogP contribution in [-0.2, 0) is 13.0 Å². The minimum absolute atomic E-state index is 0.300. The molecule has 2 aromatic heterocycles. The van der Waals surface area contributed by atoms with Crippen LogP contribution in [0.3, 0.4) is 0 Å². The normalized spacial score (nSPS) is 11.2. The summed E-state index contributed by atoms with van der Waals surface area (Å²) in [5, 5.41) is 3.92. The molecule has 0 atom stereocenters. The molecule has 7 nitrogen and oxygen atoms in total. The number of aromatic amines is 1. The molecule has 0 unspecified atom stereocenters. The molecule has 2 heterocycles. The van der Waals surface area contributed by atoms with Gasteiger partial charge in [0.25, 0.3) is 5.91 Å². The summed E-state index contributed by atoms with van der Waals surface area (Å²) in [6.45, 7) is 2.16. The zero-order chi connectivity index (χ0) is 22.9. The molecule has 1 amide bonds. The Morgan fingerprint density at radius 3 is 2.61 bits per heavy atom. The smallest absolute Gasteiger partial charge is 0.316 e. The van der Waals surface area contributed by atoms with Gasteiger partial charge in [0.2, 0.25) is 0 Å². The molecule has 0 saturated carbocycles. The summed E-state index contributed by atoms with van der Waals surface area (Å²) >= 11 is 1.68. The predicted octanol–water partition coefficient (Wildman–Crippen LogP) is 4.16. The number of amides is 1. The number of hydrogen-bond donors (Lipinski definition) is 2. The first kappa shape index (κ1) is 20.8. The molecule has 3 aromatic carbocycles. The van der Waals surface area contributed by atoms with E-state index < -0.39 is 11.1 Å². The van der Waals surface area contributed by atoms with Crippen LogP contribution in [-0.4, -0.2) is 20.4 Å². The number of thiazole rings is 1. The third-order valence-corrected chi connectivity index (χ3v) is 6.50. The van der Waals surface area contributed by atoms with Crippen molar-refractivity contribution in [3.63, 3.8) is 0 Å². The van der Waals surface area contributed by atoms with E-state index in [4.69, 9.17) is 0 Å². The van der Waals surface area contributed by atoms with Crippen LogP contribution in [0.4, 0.5) is 5.69 Å². The first-order valence-electron chi connectivity index (χ1n) is 10.5. The lowest BCUT2D eigenvalue weighted by atomic mass is 10.1. The van der Waals surface area contributed by atoms with Crippen LogP contribution < -0.4 is 16.4 Å². The van der Waals surface area contributed by atoms with Crippen LogP contribution in [0.2, 0.25) is 0 Å². The molecule has 0 aliphatic heterocycles. The molecule has 0 fully saturated rings. The highest BCUT2D eigenvalue weighted by Crippen LogP contribution is 2.24. The Labute approximate surface area is 192 Å². The van der Waals surface area contributed by atoms with Gasteiger partial charge < -0.3 is 14.9 Å². The number of benzene rings is 3. The number of nitrogens with zero attached hydrogens (tertiary/aromatic N) is 2. The zero-order valence-electron chi connectivity index (χ0n) is 17.8. The molecular weight excluding hydrogens is 436 g/mol. The van der Waals surface area contributed by atoms with Crippen LogP contribution in [0.15, 0.2) is 76.3 Å². The monoisotopic (exact) mass is 456 g/mol. The Bertz CT molecular complexity index is 1580. The maximum absolute atomic E-state index is 12.8. The van der Waals surface area contributed by atoms with Crippen molar-refractivity contribution in [1.29, 1.82) is 0 Å². The molecule has 0 aliphatic rings. The number of rotatable bonds is 5. The van der Waals surface area contributed by atoms with Gasteiger partial charge in [-0.2, -0.15) is 0 Å². The van der Waals surface area contributed by atoms with Crippen molar-refractivity contribution in [2.45, 2.75) is 19.9 Å². The summed E-state index contributed by atoms with van der Waals surface area (Å²) in [6, 6.07) is 20.6. The summed E-state index contributed by atoms with van der Waals surface area (Å²) in [5.41, 5.74) is 2.89. The number of carbonyl (C=O) groups is 1. The molecular formula is C25H20N4O3S. The van der Waals surface area contributed by atoms with Crippen molar-refractivity contribution >= 4 is 44.2 Å². The van der Waals surface area contributed by atoms with Gasteiger partial charge in [-0.1, -0.05) is 24.3 Å². The molecule has 0 saturated heterocycles. The molecule has 2 N–H and O–H groups in total. The van der Waals surface area contributed by atoms with Crippen LogP contribution in [0, 0.1) is 0 Å². The van der Waals surface area contributed by atoms with E-state index in [0.717, 1.165) is 22.5 Å². The quantitative estimate of drug-likeness (QED) is 0.388. The van der Waals surface area contributed by atoms with Gasteiger partial charge in [0.1, 0.15) is 0 Å². The van der Waals surface area contributed by atoms with Gasteiger partial charge in [0.05, 0.1) is 26.3 Å². The number of aryl methyl sites for hydroxylation is 1. The highest BCUT2D eigenvalue weighted by molar-refractivity contribution is 7.18. The first-order valence-corrected chi connectivity index (χ1v) is 11.3. The summed E-state index contributed by atoms with van der Waals surface area (Å²) in [7, 11) is 0. The number of para-hydroxylation sites is 1. The Kier molecular flexibility index (Phi) is 5.35. The minimum atomic E-state index is -0.703. The van der Waals surface area contributed by atoms with Gasteiger partial charge >= 0.3 is 11.1 Å². The fourth-order valence-corrected chi connectivity index (χ4v) is 4.82. The lowest BCUT2D eigenvalue weighted by Crippen LogP contribution is -2.36. The fourth-order valence-electron chi connectivity index (χ4n) is 3.81. The Hall–Kier alpha value is -4.04. The molecule has 164 valence electrons. The van der Waals surface area contributed by atoms with Gasteiger partial charge in [-0.3, -0.25) is 14.4 Å². The van der Waals surface area contributed by atoms with E-state index in [1.165, 1.54) is 9.27 Å². The number of aromatic nitrogens is 3. The number of carbonyl (C=O) groups excluding carboxylic acids is 1. The van der Waals surface area contributed by atoms with Crippen LogP contribution in [0.5, 0.6) is 0 Å². The zero-order valence-corrected chi connectivity index (χ0v) is 18.6. The summed E-state index contributed by atoms with van der Waals surface area (Å²) in [4.78, 5) is 43.9. The van der Waals surface area contributed by atoms with E-state index in [-0.39, 0.29) is 5.91 Å². The van der Waals surface area contributed by atoms with Crippen LogP contribution in [0.1, 0.15) is 27.9 Å². The average molecular weight is 457 g/mol. The number of anilines is 1. The highest BCUT2D eigenvalue weighted by atomic mass is 32.1. The largest absolute Gasteiger partial charge is 0.322 e. The van der Waals surface area contributed by atoms with Gasteiger partial charge in [-0.05, 0) is 55.0 Å². The summed E-state index contributed by atoms with van der Waals surface area (Å²) < 4.78 is 2.56. The van der Waals surface area contributed by atoms with Gasteiger partial charge in [-0.15, -0.1) is 11.3 Å². The third kappa shape index (κ3) is 4.08. The molecule has 5 aromatic rings. The lowest BCUT2D eigenvalue weighted by Gasteiger charge is -2.10. The maximum atomic E-state index is 12.8. The van der Waals surface area contributed by atoms with Crippen LogP contribution in [0.25, 0.3) is 21.3 Å². The number of nitrogens with one attached hydrogen (secondary N) is 2. The second-order valence-corrected chi connectivity index (χ2v) is 8.75. The van der Waals surface area contributed by atoms with Gasteiger partial charge in [-0.25, -0.2) is 4.98 Å². The molecule has 0 bridgehead atoms. The Morgan fingerprint density at radius 1 is 1.06 bits per heavy atom. The van der Waals surface area contributed by atoms with E-state index in [1.807, 2.05) is 42.5 Å². The number of H-pyrrole nitrogens is 1. The predicted molar refractivity (Wildman–Crippen MR) is 131 cm³/mol. The minimum Gasteiger partial charge on any atom is -0.322 e. The van der Waals surface area contributed by atoms with Crippen LogP contribution >= 0.6 is 11.3 Å². The van der Waals surface area contributed by atoms with E-state index >= 15 is 0 Å². The van der Waals surface area contributed by atoms with Crippen molar-refractivity contribution in [2.75, 3.05) is 5.32 Å². The molecule has 0 radical (unpaired) electrons. The maximum Gasteiger partial charge on any atom is 0.316 e. The summed E-state index contributed by atoms with van der Waals surface area (Å²) in [6.07, 6.45) is 0.727. The van der Waals surface area contributed by atoms with Gasteiger partial charge in [0.15, 0.2) is 0 Å². The average Bonchev–Trinajstić information content (AvgIpc) is 3.23. The van der Waals surface area contributed by atoms with E-state index in [0.29, 0.717) is 28.8 Å². The van der Waals surface area contributed by atoms with E-state index in [9.17, 15) is 14.4 Å². The van der Waals surface area contributed by atoms with E-state index in [2.05, 4.69) is 21.4 Å². The van der Waals surface area contributed by atoms with Gasteiger partial charge in [0, 0.05) is 24.2 Å². The Balaban J connectivity index is 1.33. The van der Waals surface area contributed by atoms with Crippen molar-refractivity contribution in [3.8, 4) is 0 Å². The first-order chi connectivity index (χ1) is 16.0. The molecule has 0 spiro atoms. The molecule has 8 heteroatoms. The lowest BCUT2D eigenvalue weighted by molar-refractivity contribution is 0.102. The highest BCUT2D eigenvalue weighted by Gasteiger charge is 2.11. The Morgan fingerprint density at radius 2 is 1.85 bits per heavy atom. The molecule has 5 rings (SSSR count). The second-order valence-electron chi connectivity index (χ2n) is 7.64. The number of hydrogen-bond acceptors (Lipinski definition) is 5. The third-order valence-electron chi connectivity index (χ3n) is 5.46. The molecule has 0 aliphatic carbocycles. The SMILES string of the molecule is CCn1c(=O)c(=O)[nH]c2cc(C(=O)Nc3ccc(Cc4nc5ccccc5s4)cc3)ccc21.